The summed E-state index contributed by atoms with van der Waals surface area (Å²) in [6.07, 6.45) is 6.68. The van der Waals surface area contributed by atoms with Gasteiger partial charge in [-0.3, -0.25) is 30.6 Å². The third kappa shape index (κ3) is 4.33. The van der Waals surface area contributed by atoms with Gasteiger partial charge >= 0.3 is 0 Å². The number of nitro benzene ring substituents is 1. The van der Waals surface area contributed by atoms with Gasteiger partial charge in [0.1, 0.15) is 0 Å². The van der Waals surface area contributed by atoms with E-state index in [9.17, 15) is 19.7 Å². The van der Waals surface area contributed by atoms with Crippen molar-refractivity contribution in [1.29, 1.82) is 0 Å². The Morgan fingerprint density at radius 3 is 2.52 bits per heavy atom. The number of nitro groups is 1. The third-order valence-electron chi connectivity index (χ3n) is 4.76. The van der Waals surface area contributed by atoms with E-state index in [0.29, 0.717) is 4.88 Å². The topological polar surface area (TPSA) is 101 Å². The molecule has 0 radical (unpaired) electrons. The Kier molecular flexibility index (Phi) is 5.85. The largest absolute Gasteiger partial charge is 0.279 e. The zero-order valence-corrected chi connectivity index (χ0v) is 15.9. The molecule has 3 rings (SSSR count). The SMILES string of the molecule is Cc1c(C(=O)NNC(=O)c2cc3c(s2)CCCCCC3)cccc1[N+](=O)[O-]. The zero-order valence-electron chi connectivity index (χ0n) is 15.0. The highest BCUT2D eigenvalue weighted by atomic mass is 32.1. The summed E-state index contributed by atoms with van der Waals surface area (Å²) in [5, 5.41) is 11.0. The normalized spacial score (nSPS) is 13.8. The van der Waals surface area contributed by atoms with Gasteiger partial charge in [0.05, 0.1) is 15.4 Å². The number of fused-ring (bicyclic) bond motifs is 1. The van der Waals surface area contributed by atoms with Gasteiger partial charge in [0, 0.05) is 16.5 Å². The molecule has 0 saturated heterocycles. The van der Waals surface area contributed by atoms with Crippen LogP contribution in [0.5, 0.6) is 0 Å². The maximum Gasteiger partial charge on any atom is 0.279 e. The van der Waals surface area contributed by atoms with E-state index in [-0.39, 0.29) is 22.7 Å². The lowest BCUT2D eigenvalue weighted by Crippen LogP contribution is -2.41. The van der Waals surface area contributed by atoms with Crippen LogP contribution in [0, 0.1) is 17.0 Å². The van der Waals surface area contributed by atoms with E-state index in [0.717, 1.165) is 25.7 Å². The molecule has 1 heterocycles. The summed E-state index contributed by atoms with van der Waals surface area (Å²) in [5.74, 6) is -0.956. The van der Waals surface area contributed by atoms with Crippen molar-refractivity contribution >= 4 is 28.8 Å². The lowest BCUT2D eigenvalue weighted by molar-refractivity contribution is -0.385. The van der Waals surface area contributed by atoms with Gasteiger partial charge in [-0.2, -0.15) is 0 Å². The van der Waals surface area contributed by atoms with Crippen molar-refractivity contribution < 1.29 is 14.5 Å². The maximum absolute atomic E-state index is 12.4. The molecule has 1 aromatic heterocycles. The molecular weight excluding hydrogens is 366 g/mol. The van der Waals surface area contributed by atoms with Gasteiger partial charge in [-0.15, -0.1) is 11.3 Å². The molecule has 27 heavy (non-hydrogen) atoms. The monoisotopic (exact) mass is 387 g/mol. The molecule has 1 aliphatic rings. The summed E-state index contributed by atoms with van der Waals surface area (Å²) in [6.45, 7) is 1.51. The van der Waals surface area contributed by atoms with Gasteiger partial charge in [0.15, 0.2) is 0 Å². The Morgan fingerprint density at radius 1 is 1.07 bits per heavy atom. The van der Waals surface area contributed by atoms with Crippen LogP contribution in [0.1, 0.15) is 61.7 Å². The van der Waals surface area contributed by atoms with Crippen molar-refractivity contribution in [3.63, 3.8) is 0 Å². The summed E-state index contributed by atoms with van der Waals surface area (Å²) < 4.78 is 0. The molecule has 0 unspecified atom stereocenters. The van der Waals surface area contributed by atoms with Gasteiger partial charge in [-0.05, 0) is 50.3 Å². The summed E-state index contributed by atoms with van der Waals surface area (Å²) in [5.41, 5.74) is 6.28. The quantitative estimate of drug-likeness (QED) is 0.619. The van der Waals surface area contributed by atoms with E-state index < -0.39 is 10.8 Å². The molecule has 2 N–H and O–H groups in total. The number of aryl methyl sites for hydroxylation is 2. The second kappa shape index (κ2) is 8.30. The highest BCUT2D eigenvalue weighted by Crippen LogP contribution is 2.28. The first-order valence-electron chi connectivity index (χ1n) is 8.93. The van der Waals surface area contributed by atoms with Crippen LogP contribution >= 0.6 is 11.3 Å². The molecule has 0 fully saturated rings. The number of thiophene rings is 1. The first kappa shape index (κ1) is 19.0. The van der Waals surface area contributed by atoms with Crippen LogP contribution in [-0.4, -0.2) is 16.7 Å². The number of carbonyl (C=O) groups excluding carboxylic acids is 2. The summed E-state index contributed by atoms with van der Waals surface area (Å²) in [7, 11) is 0. The second-order valence-corrected chi connectivity index (χ2v) is 7.73. The molecule has 1 aliphatic carbocycles. The Morgan fingerprint density at radius 2 is 1.78 bits per heavy atom. The average molecular weight is 387 g/mol. The molecule has 8 heteroatoms. The predicted octanol–water partition coefficient (Wildman–Crippen LogP) is 3.70. The summed E-state index contributed by atoms with van der Waals surface area (Å²) >= 11 is 1.47. The molecule has 0 saturated carbocycles. The van der Waals surface area contributed by atoms with Gasteiger partial charge in [-0.25, -0.2) is 0 Å². The van der Waals surface area contributed by atoms with Crippen molar-refractivity contribution in [3.05, 3.63) is 60.8 Å². The van der Waals surface area contributed by atoms with Crippen molar-refractivity contribution in [2.75, 3.05) is 0 Å². The van der Waals surface area contributed by atoms with Crippen LogP contribution in [0.4, 0.5) is 5.69 Å². The fraction of sp³-hybridized carbons (Fsp3) is 0.368. The Balaban J connectivity index is 1.67. The number of rotatable bonds is 3. The molecule has 7 nitrogen and oxygen atoms in total. The molecule has 0 aliphatic heterocycles. The van der Waals surface area contributed by atoms with Crippen LogP contribution in [0.25, 0.3) is 0 Å². The smallest absolute Gasteiger partial charge is 0.267 e. The minimum absolute atomic E-state index is 0.132. The predicted molar refractivity (Wildman–Crippen MR) is 103 cm³/mol. The van der Waals surface area contributed by atoms with Crippen molar-refractivity contribution in [1.82, 2.24) is 10.9 Å². The van der Waals surface area contributed by atoms with Crippen LogP contribution < -0.4 is 10.9 Å². The maximum atomic E-state index is 12.4. The molecule has 0 atom stereocenters. The van der Waals surface area contributed by atoms with Gasteiger partial charge in [0.25, 0.3) is 17.5 Å². The summed E-state index contributed by atoms with van der Waals surface area (Å²) in [6, 6.07) is 6.18. The zero-order chi connectivity index (χ0) is 19.4. The molecular formula is C19H21N3O4S. The molecule has 0 spiro atoms. The number of nitrogens with one attached hydrogen (secondary N) is 2. The summed E-state index contributed by atoms with van der Waals surface area (Å²) in [4.78, 5) is 37.0. The minimum Gasteiger partial charge on any atom is -0.267 e. The lowest BCUT2D eigenvalue weighted by atomic mass is 10.00. The van der Waals surface area contributed by atoms with E-state index in [1.54, 1.807) is 0 Å². The van der Waals surface area contributed by atoms with Crippen LogP contribution in [0.15, 0.2) is 24.3 Å². The highest BCUT2D eigenvalue weighted by molar-refractivity contribution is 7.14. The van der Waals surface area contributed by atoms with Crippen molar-refractivity contribution in [3.8, 4) is 0 Å². The number of nitrogens with zero attached hydrogens (tertiary/aromatic N) is 1. The number of hydrazine groups is 1. The number of hydrogen-bond acceptors (Lipinski definition) is 5. The van der Waals surface area contributed by atoms with E-state index >= 15 is 0 Å². The van der Waals surface area contributed by atoms with Gasteiger partial charge in [-0.1, -0.05) is 18.9 Å². The Labute approximate surface area is 160 Å². The fourth-order valence-corrected chi connectivity index (χ4v) is 4.41. The molecule has 2 amide bonds. The lowest BCUT2D eigenvalue weighted by Gasteiger charge is -2.08. The average Bonchev–Trinajstić information content (AvgIpc) is 3.01. The van der Waals surface area contributed by atoms with Crippen LogP contribution in [-0.2, 0) is 12.8 Å². The molecule has 0 bridgehead atoms. The number of benzene rings is 1. The van der Waals surface area contributed by atoms with Crippen molar-refractivity contribution in [2.45, 2.75) is 45.4 Å². The minimum atomic E-state index is -0.584. The molecule has 2 aromatic rings. The van der Waals surface area contributed by atoms with Gasteiger partial charge < -0.3 is 0 Å². The van der Waals surface area contributed by atoms with Gasteiger partial charge in [0.2, 0.25) is 0 Å². The Bertz CT molecular complexity index is 866. The number of carbonyl (C=O) groups is 2. The molecule has 142 valence electrons. The standard InChI is InChI=1S/C19H21N3O4S/c1-12-14(8-6-9-15(12)22(25)26)18(23)20-21-19(24)17-11-13-7-4-2-3-5-10-16(13)27-17/h6,8-9,11H,2-5,7,10H2,1H3,(H,20,23)(H,21,24). The first-order chi connectivity index (χ1) is 13.0. The number of hydrogen-bond donors (Lipinski definition) is 2. The number of amides is 2. The van der Waals surface area contributed by atoms with Crippen LogP contribution in [0.3, 0.4) is 0 Å². The van der Waals surface area contributed by atoms with Crippen LogP contribution in [0.2, 0.25) is 0 Å². The fourth-order valence-electron chi connectivity index (χ4n) is 3.27. The highest BCUT2D eigenvalue weighted by Gasteiger charge is 2.20. The van der Waals surface area contributed by atoms with E-state index in [4.69, 9.17) is 0 Å². The third-order valence-corrected chi connectivity index (χ3v) is 5.99. The van der Waals surface area contributed by atoms with E-state index in [2.05, 4.69) is 10.9 Å². The Hall–Kier alpha value is -2.74. The van der Waals surface area contributed by atoms with E-state index in [1.165, 1.54) is 59.7 Å². The second-order valence-electron chi connectivity index (χ2n) is 6.59. The van der Waals surface area contributed by atoms with E-state index in [1.807, 2.05) is 6.07 Å². The first-order valence-corrected chi connectivity index (χ1v) is 9.75. The molecule has 1 aromatic carbocycles. The van der Waals surface area contributed by atoms with Crippen molar-refractivity contribution in [2.24, 2.45) is 0 Å².